The van der Waals surface area contributed by atoms with Gasteiger partial charge in [0.05, 0.1) is 22.0 Å². The number of non-ortho nitro benzene ring substituents is 1. The van der Waals surface area contributed by atoms with E-state index in [1.807, 2.05) is 39.0 Å². The third-order valence-corrected chi connectivity index (χ3v) is 6.78. The summed E-state index contributed by atoms with van der Waals surface area (Å²) in [4.78, 5) is 33.6. The summed E-state index contributed by atoms with van der Waals surface area (Å²) >= 11 is 0. The predicted octanol–water partition coefficient (Wildman–Crippen LogP) is 7.15. The number of nitrogens with zero attached hydrogens (tertiary/aromatic N) is 4. The molecule has 1 aromatic heterocycles. The molecule has 3 aromatic rings. The molecule has 40 heavy (non-hydrogen) atoms. The van der Waals surface area contributed by atoms with E-state index in [1.54, 1.807) is 18.7 Å². The van der Waals surface area contributed by atoms with Crippen molar-refractivity contribution >= 4 is 28.5 Å². The molecule has 0 aliphatic carbocycles. The highest BCUT2D eigenvalue weighted by Crippen LogP contribution is 2.36. The molecule has 1 saturated heterocycles. The number of aromatic nitrogens is 2. The lowest BCUT2D eigenvalue weighted by Crippen LogP contribution is -2.41. The van der Waals surface area contributed by atoms with Gasteiger partial charge in [-0.3, -0.25) is 10.1 Å². The van der Waals surface area contributed by atoms with Crippen LogP contribution in [-0.4, -0.2) is 44.6 Å². The topological polar surface area (TPSA) is 110 Å². The van der Waals surface area contributed by atoms with Gasteiger partial charge in [-0.2, -0.15) is 13.2 Å². The van der Waals surface area contributed by atoms with Crippen LogP contribution in [0.5, 0.6) is 0 Å². The van der Waals surface area contributed by atoms with Crippen molar-refractivity contribution in [2.24, 2.45) is 0 Å². The number of nitro groups is 1. The van der Waals surface area contributed by atoms with E-state index in [2.05, 4.69) is 15.3 Å². The fraction of sp³-hybridized carbons (Fsp3) is 0.464. The van der Waals surface area contributed by atoms with E-state index in [-0.39, 0.29) is 17.6 Å². The summed E-state index contributed by atoms with van der Waals surface area (Å²) in [5.74, 6) is 1.07. The van der Waals surface area contributed by atoms with Crippen molar-refractivity contribution in [1.29, 1.82) is 0 Å². The number of piperidine rings is 1. The molecule has 1 aliphatic heterocycles. The molecule has 0 saturated carbocycles. The van der Waals surface area contributed by atoms with Crippen molar-refractivity contribution in [3.05, 3.63) is 69.0 Å². The number of carbonyl (C=O) groups is 1. The monoisotopic (exact) mass is 559 g/mol. The number of anilines is 1. The van der Waals surface area contributed by atoms with Crippen LogP contribution in [0.2, 0.25) is 0 Å². The van der Waals surface area contributed by atoms with Crippen LogP contribution in [-0.2, 0) is 10.9 Å². The maximum Gasteiger partial charge on any atom is 0.416 e. The maximum atomic E-state index is 13.4. The van der Waals surface area contributed by atoms with Crippen LogP contribution in [0.1, 0.15) is 75.0 Å². The number of alkyl halides is 3. The molecule has 0 radical (unpaired) electrons. The van der Waals surface area contributed by atoms with Crippen LogP contribution in [0.4, 0.5) is 29.5 Å². The van der Waals surface area contributed by atoms with Gasteiger partial charge < -0.3 is 15.0 Å². The fourth-order valence-corrected chi connectivity index (χ4v) is 4.79. The fourth-order valence-electron chi connectivity index (χ4n) is 4.79. The second-order valence-electron chi connectivity index (χ2n) is 11.1. The Morgan fingerprint density at radius 2 is 1.80 bits per heavy atom. The van der Waals surface area contributed by atoms with Crippen molar-refractivity contribution in [2.75, 3.05) is 18.4 Å². The molecule has 12 heteroatoms. The summed E-state index contributed by atoms with van der Waals surface area (Å²) < 4.78 is 45.8. The summed E-state index contributed by atoms with van der Waals surface area (Å²) in [5.41, 5.74) is -0.488. The first kappa shape index (κ1) is 29.0. The van der Waals surface area contributed by atoms with E-state index in [0.717, 1.165) is 30.5 Å². The zero-order valence-corrected chi connectivity index (χ0v) is 23.0. The summed E-state index contributed by atoms with van der Waals surface area (Å²) in [6, 6.07) is 7.68. The largest absolute Gasteiger partial charge is 0.444 e. The minimum Gasteiger partial charge on any atom is -0.444 e. The molecule has 2 aromatic carbocycles. The molecule has 1 amide bonds. The number of nitro benzene ring substituents is 1. The third kappa shape index (κ3) is 6.78. The number of carbonyl (C=O) groups excluding carboxylic acids is 1. The first-order valence-electron chi connectivity index (χ1n) is 13.0. The van der Waals surface area contributed by atoms with Crippen molar-refractivity contribution in [3.8, 4) is 0 Å². The number of ether oxygens (including phenoxy) is 1. The quantitative estimate of drug-likeness (QED) is 0.261. The second-order valence-corrected chi connectivity index (χ2v) is 11.1. The molecular formula is C28H32F3N5O4. The van der Waals surface area contributed by atoms with Crippen molar-refractivity contribution < 1.29 is 27.6 Å². The Bertz CT molecular complexity index is 1430. The molecular weight excluding hydrogens is 527 g/mol. The Morgan fingerprint density at radius 1 is 1.12 bits per heavy atom. The summed E-state index contributed by atoms with van der Waals surface area (Å²) in [6.45, 7) is 9.94. The van der Waals surface area contributed by atoms with Crippen LogP contribution in [0, 0.1) is 17.0 Å². The van der Waals surface area contributed by atoms with Crippen LogP contribution in [0.3, 0.4) is 0 Å². The number of likely N-dealkylation sites (tertiary alicyclic amines) is 1. The molecule has 1 fully saturated rings. The number of hydrogen-bond donors (Lipinski definition) is 1. The third-order valence-electron chi connectivity index (χ3n) is 6.78. The van der Waals surface area contributed by atoms with Gasteiger partial charge in [-0.25, -0.2) is 14.8 Å². The standard InChI is InChI=1S/C28H32F3N5O4/c1-16(20-12-21(28(29,30)31)15-22(13-20)36(38)39)32-25-23-14-19(6-7-24(23)33-17(2)34-25)18-8-10-35(11-9-18)26(37)40-27(3,4)5/h6-7,12-16,18H,8-11H2,1-5H3,(H,32,33,34). The first-order valence-corrected chi connectivity index (χ1v) is 13.0. The molecule has 0 bridgehead atoms. The van der Waals surface area contributed by atoms with E-state index < -0.39 is 34.0 Å². The number of benzene rings is 2. The number of amides is 1. The van der Waals surface area contributed by atoms with E-state index in [4.69, 9.17) is 4.74 Å². The normalized spacial score (nSPS) is 15.7. The van der Waals surface area contributed by atoms with Gasteiger partial charge in [0.1, 0.15) is 17.2 Å². The predicted molar refractivity (Wildman–Crippen MR) is 144 cm³/mol. The Morgan fingerprint density at radius 3 is 2.40 bits per heavy atom. The minimum absolute atomic E-state index is 0.108. The van der Waals surface area contributed by atoms with Gasteiger partial charge >= 0.3 is 12.3 Å². The highest BCUT2D eigenvalue weighted by molar-refractivity contribution is 5.90. The highest BCUT2D eigenvalue weighted by atomic mass is 19.4. The van der Waals surface area contributed by atoms with Gasteiger partial charge in [0, 0.05) is 30.6 Å². The van der Waals surface area contributed by atoms with E-state index in [9.17, 15) is 28.1 Å². The van der Waals surface area contributed by atoms with Gasteiger partial charge in [-0.1, -0.05) is 6.07 Å². The summed E-state index contributed by atoms with van der Waals surface area (Å²) in [7, 11) is 0. The first-order chi connectivity index (χ1) is 18.6. The van der Waals surface area contributed by atoms with Crippen LogP contribution >= 0.6 is 0 Å². The number of nitrogens with one attached hydrogen (secondary N) is 1. The average molecular weight is 560 g/mol. The number of halogens is 3. The number of fused-ring (bicyclic) bond motifs is 1. The minimum atomic E-state index is -4.73. The Kier molecular flexibility index (Phi) is 7.91. The van der Waals surface area contributed by atoms with Gasteiger partial charge in [-0.15, -0.1) is 0 Å². The Hall–Kier alpha value is -3.96. The number of rotatable bonds is 5. The smallest absolute Gasteiger partial charge is 0.416 e. The summed E-state index contributed by atoms with van der Waals surface area (Å²) in [5, 5.41) is 15.1. The molecule has 4 rings (SSSR count). The lowest BCUT2D eigenvalue weighted by molar-refractivity contribution is -0.385. The molecule has 0 spiro atoms. The Balaban J connectivity index is 1.59. The molecule has 214 valence electrons. The molecule has 1 N–H and O–H groups in total. The van der Waals surface area contributed by atoms with E-state index in [0.29, 0.717) is 41.7 Å². The van der Waals surface area contributed by atoms with Gasteiger partial charge in [-0.05, 0) is 82.7 Å². The van der Waals surface area contributed by atoms with E-state index in [1.165, 1.54) is 0 Å². The van der Waals surface area contributed by atoms with Crippen molar-refractivity contribution in [3.63, 3.8) is 0 Å². The van der Waals surface area contributed by atoms with Gasteiger partial charge in [0.2, 0.25) is 0 Å². The van der Waals surface area contributed by atoms with Gasteiger partial charge in [0.15, 0.2) is 0 Å². The van der Waals surface area contributed by atoms with Crippen molar-refractivity contribution in [2.45, 2.75) is 71.2 Å². The van der Waals surface area contributed by atoms with Crippen LogP contribution < -0.4 is 5.32 Å². The molecule has 1 unspecified atom stereocenters. The molecule has 1 atom stereocenters. The maximum absolute atomic E-state index is 13.4. The average Bonchev–Trinajstić information content (AvgIpc) is 2.86. The highest BCUT2D eigenvalue weighted by Gasteiger charge is 2.33. The van der Waals surface area contributed by atoms with E-state index >= 15 is 0 Å². The number of aryl methyl sites for hydroxylation is 1. The SMILES string of the molecule is Cc1nc(NC(C)c2cc([N+](=O)[O-])cc(C(F)(F)F)c2)c2cc(C3CCN(C(=O)OC(C)(C)C)CC3)ccc2n1. The van der Waals surface area contributed by atoms with Crippen LogP contribution in [0.25, 0.3) is 10.9 Å². The second kappa shape index (κ2) is 10.9. The van der Waals surface area contributed by atoms with Crippen LogP contribution in [0.15, 0.2) is 36.4 Å². The van der Waals surface area contributed by atoms with Crippen molar-refractivity contribution in [1.82, 2.24) is 14.9 Å². The lowest BCUT2D eigenvalue weighted by atomic mass is 9.89. The number of hydrogen-bond acceptors (Lipinski definition) is 7. The summed E-state index contributed by atoms with van der Waals surface area (Å²) in [6.07, 6.45) is -3.58. The Labute approximate surface area is 229 Å². The molecule has 1 aliphatic rings. The van der Waals surface area contributed by atoms with Gasteiger partial charge in [0.25, 0.3) is 5.69 Å². The zero-order valence-electron chi connectivity index (χ0n) is 23.0. The molecule has 9 nitrogen and oxygen atoms in total. The zero-order chi connectivity index (χ0) is 29.4. The molecule has 2 heterocycles. The lowest BCUT2D eigenvalue weighted by Gasteiger charge is -2.33.